The summed E-state index contributed by atoms with van der Waals surface area (Å²) >= 11 is 0. The lowest BCUT2D eigenvalue weighted by atomic mass is 10.0. The van der Waals surface area contributed by atoms with E-state index in [0.717, 1.165) is 32.1 Å². The van der Waals surface area contributed by atoms with Crippen molar-refractivity contribution in [1.29, 1.82) is 0 Å². The van der Waals surface area contributed by atoms with Crippen molar-refractivity contribution in [2.75, 3.05) is 7.11 Å². The quantitative estimate of drug-likeness (QED) is 0.258. The molecule has 0 aromatic heterocycles. The number of methoxy groups -OCH3 is 1. The number of carbonyl (C=O) groups excluding carboxylic acids is 1. The maximum atomic E-state index is 10.8. The van der Waals surface area contributed by atoms with Gasteiger partial charge >= 0.3 is 5.97 Å². The topological polar surface area (TPSA) is 46.5 Å². The average Bonchev–Trinajstić information content (AvgIpc) is 2.53. The van der Waals surface area contributed by atoms with Crippen LogP contribution in [0.5, 0.6) is 0 Å². The summed E-state index contributed by atoms with van der Waals surface area (Å²) in [5.74, 6) is -0.270. The second-order valence-corrected chi connectivity index (χ2v) is 6.13. The normalized spacial score (nSPS) is 12.7. The van der Waals surface area contributed by atoms with Crippen LogP contribution in [0.1, 0.15) is 90.4 Å². The highest BCUT2D eigenvalue weighted by molar-refractivity contribution is 5.81. The molecule has 0 rings (SSSR count). The van der Waals surface area contributed by atoms with E-state index in [4.69, 9.17) is 0 Å². The van der Waals surface area contributed by atoms with Gasteiger partial charge in [-0.15, -0.1) is 0 Å². The zero-order valence-electron chi connectivity index (χ0n) is 14.7. The first kappa shape index (κ1) is 21.2. The molecule has 0 aliphatic rings. The molecule has 0 radical (unpaired) electrons. The van der Waals surface area contributed by atoms with Crippen LogP contribution in [0, 0.1) is 0 Å². The fourth-order valence-corrected chi connectivity index (χ4v) is 2.55. The molecule has 1 N–H and O–H groups in total. The third-order valence-corrected chi connectivity index (χ3v) is 4.00. The standard InChI is InChI=1S/C19H36O3/c1-3-4-5-12-15-18(20)16-13-10-8-6-7-9-11-14-17-19(21)22-2/h14,17-18,20H,3-13,15-16H2,1-2H3/b17-14+. The van der Waals surface area contributed by atoms with Crippen molar-refractivity contribution in [1.82, 2.24) is 0 Å². The first-order chi connectivity index (χ1) is 10.7. The first-order valence-electron chi connectivity index (χ1n) is 9.13. The highest BCUT2D eigenvalue weighted by atomic mass is 16.5. The van der Waals surface area contributed by atoms with E-state index >= 15 is 0 Å². The molecule has 0 saturated carbocycles. The summed E-state index contributed by atoms with van der Waals surface area (Å²) in [6.07, 6.45) is 18.4. The highest BCUT2D eigenvalue weighted by Crippen LogP contribution is 2.13. The van der Waals surface area contributed by atoms with Crippen LogP contribution in [0.25, 0.3) is 0 Å². The molecular formula is C19H36O3. The van der Waals surface area contributed by atoms with Gasteiger partial charge in [0.25, 0.3) is 0 Å². The van der Waals surface area contributed by atoms with Crippen LogP contribution in [-0.2, 0) is 9.53 Å². The monoisotopic (exact) mass is 312 g/mol. The predicted molar refractivity (Wildman–Crippen MR) is 92.9 cm³/mol. The lowest BCUT2D eigenvalue weighted by molar-refractivity contribution is -0.134. The van der Waals surface area contributed by atoms with Crippen LogP contribution >= 0.6 is 0 Å². The summed E-state index contributed by atoms with van der Waals surface area (Å²) in [5, 5.41) is 9.87. The maximum absolute atomic E-state index is 10.8. The van der Waals surface area contributed by atoms with Gasteiger partial charge in [-0.25, -0.2) is 4.79 Å². The van der Waals surface area contributed by atoms with Crippen LogP contribution in [0.3, 0.4) is 0 Å². The number of esters is 1. The van der Waals surface area contributed by atoms with Gasteiger partial charge in [-0.05, 0) is 25.7 Å². The Hall–Kier alpha value is -0.830. The second-order valence-electron chi connectivity index (χ2n) is 6.13. The van der Waals surface area contributed by atoms with Gasteiger partial charge in [0, 0.05) is 6.08 Å². The van der Waals surface area contributed by atoms with Crippen LogP contribution in [0.15, 0.2) is 12.2 Å². The molecule has 0 spiro atoms. The summed E-state index contributed by atoms with van der Waals surface area (Å²) in [6, 6.07) is 0. The number of hydrogen-bond acceptors (Lipinski definition) is 3. The molecule has 3 heteroatoms. The van der Waals surface area contributed by atoms with Gasteiger partial charge in [0.05, 0.1) is 13.2 Å². The minimum Gasteiger partial charge on any atom is -0.466 e. The highest BCUT2D eigenvalue weighted by Gasteiger charge is 2.03. The van der Waals surface area contributed by atoms with Gasteiger partial charge in [-0.3, -0.25) is 0 Å². The van der Waals surface area contributed by atoms with E-state index < -0.39 is 0 Å². The van der Waals surface area contributed by atoms with Crippen molar-refractivity contribution in [3.05, 3.63) is 12.2 Å². The number of rotatable bonds is 15. The summed E-state index contributed by atoms with van der Waals surface area (Å²) in [6.45, 7) is 2.21. The Labute approximate surface area is 137 Å². The van der Waals surface area contributed by atoms with Crippen LogP contribution in [0.4, 0.5) is 0 Å². The van der Waals surface area contributed by atoms with Crippen molar-refractivity contribution in [2.24, 2.45) is 0 Å². The largest absolute Gasteiger partial charge is 0.466 e. The fourth-order valence-electron chi connectivity index (χ4n) is 2.55. The minimum absolute atomic E-state index is 0.0830. The zero-order valence-corrected chi connectivity index (χ0v) is 14.7. The van der Waals surface area contributed by atoms with Crippen LogP contribution in [0.2, 0.25) is 0 Å². The molecule has 22 heavy (non-hydrogen) atoms. The van der Waals surface area contributed by atoms with Crippen molar-refractivity contribution < 1.29 is 14.6 Å². The average molecular weight is 312 g/mol. The maximum Gasteiger partial charge on any atom is 0.330 e. The molecule has 0 amide bonds. The van der Waals surface area contributed by atoms with E-state index in [9.17, 15) is 9.90 Å². The van der Waals surface area contributed by atoms with E-state index in [1.807, 2.05) is 6.08 Å². The van der Waals surface area contributed by atoms with E-state index in [-0.39, 0.29) is 12.1 Å². The Balaban J connectivity index is 3.22. The molecule has 0 saturated heterocycles. The number of hydrogen-bond donors (Lipinski definition) is 1. The van der Waals surface area contributed by atoms with Crippen LogP contribution in [-0.4, -0.2) is 24.3 Å². The lowest BCUT2D eigenvalue weighted by Gasteiger charge is -2.09. The molecule has 0 aromatic carbocycles. The third kappa shape index (κ3) is 15.6. The van der Waals surface area contributed by atoms with Gasteiger partial charge in [-0.1, -0.05) is 70.8 Å². The molecule has 1 unspecified atom stereocenters. The number of unbranched alkanes of at least 4 members (excludes halogenated alkanes) is 9. The number of ether oxygens (including phenoxy) is 1. The third-order valence-electron chi connectivity index (χ3n) is 4.00. The first-order valence-corrected chi connectivity index (χ1v) is 9.13. The van der Waals surface area contributed by atoms with Crippen molar-refractivity contribution in [3.8, 4) is 0 Å². The molecule has 130 valence electrons. The Bertz CT molecular complexity index is 274. The Morgan fingerprint density at radius 2 is 1.50 bits per heavy atom. The summed E-state index contributed by atoms with van der Waals surface area (Å²) in [4.78, 5) is 10.8. The molecule has 0 aromatic rings. The summed E-state index contributed by atoms with van der Waals surface area (Å²) in [7, 11) is 1.40. The number of allylic oxidation sites excluding steroid dienone is 1. The second kappa shape index (κ2) is 16.5. The van der Waals surface area contributed by atoms with E-state index in [0.29, 0.717) is 0 Å². The van der Waals surface area contributed by atoms with Crippen LogP contribution < -0.4 is 0 Å². The number of carbonyl (C=O) groups is 1. The van der Waals surface area contributed by atoms with Gasteiger partial charge in [-0.2, -0.15) is 0 Å². The molecule has 0 bridgehead atoms. The summed E-state index contributed by atoms with van der Waals surface area (Å²) in [5.41, 5.74) is 0. The fraction of sp³-hybridized carbons (Fsp3) is 0.842. The van der Waals surface area contributed by atoms with E-state index in [1.165, 1.54) is 64.6 Å². The molecule has 0 fully saturated rings. The molecule has 3 nitrogen and oxygen atoms in total. The Kier molecular flexibility index (Phi) is 15.9. The SMILES string of the molecule is CCCCCCC(O)CCCCCCCC/C=C/C(=O)OC. The molecule has 0 aliphatic heterocycles. The zero-order chi connectivity index (χ0) is 16.5. The lowest BCUT2D eigenvalue weighted by Crippen LogP contribution is -2.05. The molecular weight excluding hydrogens is 276 g/mol. The molecule has 0 aliphatic carbocycles. The van der Waals surface area contributed by atoms with Gasteiger partial charge < -0.3 is 9.84 Å². The smallest absolute Gasteiger partial charge is 0.330 e. The van der Waals surface area contributed by atoms with E-state index in [2.05, 4.69) is 11.7 Å². The number of aliphatic hydroxyl groups is 1. The minimum atomic E-state index is -0.270. The predicted octanol–water partition coefficient (Wildman–Crippen LogP) is 5.17. The van der Waals surface area contributed by atoms with Crippen molar-refractivity contribution in [3.63, 3.8) is 0 Å². The Morgan fingerprint density at radius 3 is 2.09 bits per heavy atom. The van der Waals surface area contributed by atoms with Crippen molar-refractivity contribution in [2.45, 2.75) is 96.5 Å². The van der Waals surface area contributed by atoms with Gasteiger partial charge in [0.2, 0.25) is 0 Å². The molecule has 0 heterocycles. The Morgan fingerprint density at radius 1 is 0.955 bits per heavy atom. The van der Waals surface area contributed by atoms with Gasteiger partial charge in [0.1, 0.15) is 0 Å². The summed E-state index contributed by atoms with van der Waals surface area (Å²) < 4.78 is 4.53. The molecule has 1 atom stereocenters. The van der Waals surface area contributed by atoms with Crippen molar-refractivity contribution >= 4 is 5.97 Å². The number of aliphatic hydroxyl groups excluding tert-OH is 1. The van der Waals surface area contributed by atoms with Gasteiger partial charge in [0.15, 0.2) is 0 Å². The van der Waals surface area contributed by atoms with E-state index in [1.54, 1.807) is 0 Å².